The third-order valence-corrected chi connectivity index (χ3v) is 5.17. The van der Waals surface area contributed by atoms with Crippen molar-refractivity contribution in [1.82, 2.24) is 15.0 Å². The number of benzene rings is 1. The van der Waals surface area contributed by atoms with Gasteiger partial charge in [0, 0.05) is 22.4 Å². The van der Waals surface area contributed by atoms with Gasteiger partial charge in [0.15, 0.2) is 11.4 Å². The number of nitrogens with two attached hydrogens (primary N) is 1. The fourth-order valence-electron chi connectivity index (χ4n) is 3.31. The van der Waals surface area contributed by atoms with Gasteiger partial charge < -0.3 is 5.73 Å². The molecule has 2 aromatic heterocycles. The number of Topliss-reactive ketones (excluding diaryl/α,β-unsaturated/α-hetero) is 1. The van der Waals surface area contributed by atoms with Gasteiger partial charge in [-0.3, -0.25) is 14.6 Å². The summed E-state index contributed by atoms with van der Waals surface area (Å²) in [5, 5.41) is 0.320. The number of hydrogen-bond donors (Lipinski definition) is 2. The Kier molecular flexibility index (Phi) is 3.80. The van der Waals surface area contributed by atoms with Crippen LogP contribution in [0.2, 0.25) is 0 Å². The molecule has 3 aromatic rings. The summed E-state index contributed by atoms with van der Waals surface area (Å²) in [4.78, 5) is 37.5. The molecular formula is C18H16N4O2S. The van der Waals surface area contributed by atoms with Crippen molar-refractivity contribution in [3.8, 4) is 11.1 Å². The van der Waals surface area contributed by atoms with Crippen molar-refractivity contribution in [2.45, 2.75) is 24.2 Å². The first-order valence-electron chi connectivity index (χ1n) is 7.98. The number of nitrogens with zero attached hydrogens (tertiary/aromatic N) is 2. The molecule has 0 atom stereocenters. The normalized spacial score (nSPS) is 13.9. The van der Waals surface area contributed by atoms with E-state index in [9.17, 15) is 9.59 Å². The van der Waals surface area contributed by atoms with Crippen LogP contribution in [0.5, 0.6) is 0 Å². The Morgan fingerprint density at radius 2 is 1.84 bits per heavy atom. The minimum absolute atomic E-state index is 0.0239. The molecular weight excluding hydrogens is 336 g/mol. The molecule has 1 aliphatic rings. The van der Waals surface area contributed by atoms with E-state index in [0.717, 1.165) is 16.9 Å². The number of aryl methyl sites for hydroxylation is 1. The molecule has 0 saturated heterocycles. The van der Waals surface area contributed by atoms with E-state index in [4.69, 9.17) is 5.73 Å². The lowest BCUT2D eigenvalue weighted by molar-refractivity contribution is 0.0972. The van der Waals surface area contributed by atoms with Gasteiger partial charge in [-0.05, 0) is 36.8 Å². The molecule has 3 N–H and O–H groups in total. The van der Waals surface area contributed by atoms with Gasteiger partial charge in [0.25, 0.3) is 5.56 Å². The smallest absolute Gasteiger partial charge is 0.262 e. The van der Waals surface area contributed by atoms with E-state index in [2.05, 4.69) is 15.0 Å². The number of ketones is 1. The minimum atomic E-state index is -0.375. The van der Waals surface area contributed by atoms with Gasteiger partial charge in [0.2, 0.25) is 5.95 Å². The molecule has 0 unspecified atom stereocenters. The quantitative estimate of drug-likeness (QED) is 0.688. The van der Waals surface area contributed by atoms with Crippen LogP contribution in [-0.2, 0) is 6.42 Å². The third-order valence-electron chi connectivity index (χ3n) is 4.42. The van der Waals surface area contributed by atoms with Gasteiger partial charge in [0.05, 0.1) is 11.1 Å². The number of hydrogen-bond acceptors (Lipinski definition) is 6. The number of aromatic amines is 1. The highest BCUT2D eigenvalue weighted by atomic mass is 32.2. The number of aromatic nitrogens is 3. The molecule has 0 fully saturated rings. The Morgan fingerprint density at radius 3 is 2.56 bits per heavy atom. The molecule has 0 spiro atoms. The van der Waals surface area contributed by atoms with E-state index in [0.29, 0.717) is 40.7 Å². The second-order valence-corrected chi connectivity index (χ2v) is 6.84. The van der Waals surface area contributed by atoms with Crippen LogP contribution in [0.1, 0.15) is 28.9 Å². The molecule has 4 rings (SSSR count). The standard InChI is InChI=1S/C18H16N4O2S/c1-25-10-7-5-9(6-8-10)13-14-11(3-2-4-12(14)23)20-16-15(13)17(24)22-18(19)21-16/h5-8H,2-4H2,1H3,(H3,19,20,21,22,24). The first kappa shape index (κ1) is 15.8. The molecule has 0 bridgehead atoms. The summed E-state index contributed by atoms with van der Waals surface area (Å²) in [7, 11) is 0. The zero-order valence-corrected chi connectivity index (χ0v) is 14.4. The monoisotopic (exact) mass is 352 g/mol. The van der Waals surface area contributed by atoms with E-state index in [1.54, 1.807) is 11.8 Å². The van der Waals surface area contributed by atoms with E-state index >= 15 is 0 Å². The molecule has 7 heteroatoms. The lowest BCUT2D eigenvalue weighted by Gasteiger charge is -2.19. The van der Waals surface area contributed by atoms with Crippen LogP contribution in [-0.4, -0.2) is 27.0 Å². The van der Waals surface area contributed by atoms with Crippen LogP contribution in [0.4, 0.5) is 5.95 Å². The molecule has 1 aliphatic carbocycles. The average Bonchev–Trinajstić information content (AvgIpc) is 2.60. The van der Waals surface area contributed by atoms with Crippen LogP contribution in [0, 0.1) is 0 Å². The van der Waals surface area contributed by atoms with E-state index < -0.39 is 0 Å². The number of pyridine rings is 1. The van der Waals surface area contributed by atoms with Crippen molar-refractivity contribution >= 4 is 34.5 Å². The highest BCUT2D eigenvalue weighted by Gasteiger charge is 2.27. The summed E-state index contributed by atoms with van der Waals surface area (Å²) in [6, 6.07) is 7.81. The van der Waals surface area contributed by atoms with Crippen LogP contribution < -0.4 is 11.3 Å². The number of anilines is 1. The predicted molar refractivity (Wildman–Crippen MR) is 99.1 cm³/mol. The van der Waals surface area contributed by atoms with Crippen LogP contribution >= 0.6 is 11.8 Å². The molecule has 1 aromatic carbocycles. The topological polar surface area (TPSA) is 102 Å². The highest BCUT2D eigenvalue weighted by molar-refractivity contribution is 7.98. The van der Waals surface area contributed by atoms with E-state index in [1.807, 2.05) is 30.5 Å². The largest absolute Gasteiger partial charge is 0.369 e. The molecule has 0 radical (unpaired) electrons. The van der Waals surface area contributed by atoms with Crippen molar-refractivity contribution in [2.75, 3.05) is 12.0 Å². The zero-order chi connectivity index (χ0) is 17.6. The first-order valence-corrected chi connectivity index (χ1v) is 9.21. The van der Waals surface area contributed by atoms with Crippen molar-refractivity contribution in [2.24, 2.45) is 0 Å². The fraction of sp³-hybridized carbons (Fsp3) is 0.222. The Balaban J connectivity index is 2.13. The van der Waals surface area contributed by atoms with Crippen LogP contribution in [0.3, 0.4) is 0 Å². The SMILES string of the molecule is CSc1ccc(-c2c3c(nc4nc(N)[nH]c(=O)c24)CCCC3=O)cc1. The highest BCUT2D eigenvalue weighted by Crippen LogP contribution is 2.35. The molecule has 0 saturated carbocycles. The van der Waals surface area contributed by atoms with Gasteiger partial charge in [0.1, 0.15) is 0 Å². The maximum absolute atomic E-state index is 12.6. The summed E-state index contributed by atoms with van der Waals surface area (Å²) in [5.41, 5.74) is 8.27. The summed E-state index contributed by atoms with van der Waals surface area (Å²) >= 11 is 1.63. The fourth-order valence-corrected chi connectivity index (χ4v) is 3.71. The number of rotatable bonds is 2. The Labute approximate surface area is 147 Å². The predicted octanol–water partition coefficient (Wildman–Crippen LogP) is 2.81. The molecule has 0 amide bonds. The number of nitrogens with one attached hydrogen (secondary N) is 1. The maximum atomic E-state index is 12.6. The first-order chi connectivity index (χ1) is 12.1. The van der Waals surface area contributed by atoms with Gasteiger partial charge in [-0.2, -0.15) is 4.98 Å². The molecule has 0 aliphatic heterocycles. The second kappa shape index (κ2) is 6.00. The molecule has 25 heavy (non-hydrogen) atoms. The van der Waals surface area contributed by atoms with Gasteiger partial charge in [-0.25, -0.2) is 4.98 Å². The zero-order valence-electron chi connectivity index (χ0n) is 13.6. The van der Waals surface area contributed by atoms with Crippen molar-refractivity contribution in [3.05, 3.63) is 45.9 Å². The number of fused-ring (bicyclic) bond motifs is 2. The lowest BCUT2D eigenvalue weighted by atomic mass is 9.87. The summed E-state index contributed by atoms with van der Waals surface area (Å²) < 4.78 is 0. The number of carbonyl (C=O) groups is 1. The van der Waals surface area contributed by atoms with E-state index in [1.165, 1.54) is 0 Å². The van der Waals surface area contributed by atoms with E-state index in [-0.39, 0.29) is 17.3 Å². The number of carbonyl (C=O) groups excluding carboxylic acids is 1. The maximum Gasteiger partial charge on any atom is 0.262 e. The molecule has 2 heterocycles. The average molecular weight is 352 g/mol. The number of H-pyrrole nitrogens is 1. The van der Waals surface area contributed by atoms with Crippen LogP contribution in [0.25, 0.3) is 22.2 Å². The third kappa shape index (κ3) is 2.60. The minimum Gasteiger partial charge on any atom is -0.369 e. The second-order valence-electron chi connectivity index (χ2n) is 5.96. The summed E-state index contributed by atoms with van der Waals surface area (Å²) in [6.07, 6.45) is 3.92. The van der Waals surface area contributed by atoms with Crippen molar-refractivity contribution in [3.63, 3.8) is 0 Å². The Morgan fingerprint density at radius 1 is 1.08 bits per heavy atom. The molecule has 6 nitrogen and oxygen atoms in total. The van der Waals surface area contributed by atoms with Crippen LogP contribution in [0.15, 0.2) is 34.0 Å². The number of thioether (sulfide) groups is 1. The summed E-state index contributed by atoms with van der Waals surface area (Å²) in [6.45, 7) is 0. The summed E-state index contributed by atoms with van der Waals surface area (Å²) in [5.74, 6) is 0.0478. The van der Waals surface area contributed by atoms with Crippen molar-refractivity contribution < 1.29 is 4.79 Å². The Bertz CT molecular complexity index is 1060. The lowest BCUT2D eigenvalue weighted by Crippen LogP contribution is -2.20. The van der Waals surface area contributed by atoms with Gasteiger partial charge in [-0.1, -0.05) is 12.1 Å². The Hall–Kier alpha value is -2.67. The van der Waals surface area contributed by atoms with Crippen molar-refractivity contribution in [1.29, 1.82) is 0 Å². The van der Waals surface area contributed by atoms with Gasteiger partial charge in [-0.15, -0.1) is 11.8 Å². The van der Waals surface area contributed by atoms with Gasteiger partial charge >= 0.3 is 0 Å². The number of nitrogen functional groups attached to an aromatic ring is 1. The molecule has 126 valence electrons.